The average molecular weight is 727 g/mol. The molecule has 6 rings (SSSR count). The summed E-state index contributed by atoms with van der Waals surface area (Å²) in [6.45, 7) is -1.19. The quantitative estimate of drug-likeness (QED) is 0.173. The molecule has 6 aromatic rings. The zero-order chi connectivity index (χ0) is 33.4. The number of allylic oxidation sites excluding steroid dienone is 1. The second-order valence-corrected chi connectivity index (χ2v) is 11.5. The maximum absolute atomic E-state index is 14.8. The third-order valence-electron chi connectivity index (χ3n) is 6.94. The third kappa shape index (κ3) is 6.64. The summed E-state index contributed by atoms with van der Waals surface area (Å²) in [5.41, 5.74) is -0.934. The highest BCUT2D eigenvalue weighted by Crippen LogP contribution is 2.29. The molecule has 0 aliphatic rings. The van der Waals surface area contributed by atoms with Crippen LogP contribution in [0, 0.1) is 17.5 Å². The van der Waals surface area contributed by atoms with Crippen molar-refractivity contribution >= 4 is 62.1 Å². The molecule has 0 bridgehead atoms. The van der Waals surface area contributed by atoms with E-state index >= 15 is 0 Å². The van der Waals surface area contributed by atoms with E-state index in [1.165, 1.54) is 12.3 Å². The van der Waals surface area contributed by atoms with E-state index in [-0.39, 0.29) is 22.4 Å². The Morgan fingerprint density at radius 2 is 1.81 bits per heavy atom. The maximum atomic E-state index is 14.8. The topological polar surface area (TPSA) is 135 Å². The number of fused-ring (bicyclic) bond motifs is 1. The molecule has 238 valence electrons. The van der Waals surface area contributed by atoms with Crippen LogP contribution in [0.5, 0.6) is 0 Å². The number of hydrogen-bond acceptors (Lipinski definition) is 8. The lowest BCUT2D eigenvalue weighted by Gasteiger charge is -2.17. The van der Waals surface area contributed by atoms with E-state index in [1.54, 1.807) is 54.3 Å². The minimum Gasteiger partial charge on any atom is -0.324 e. The summed E-state index contributed by atoms with van der Waals surface area (Å²) in [5.74, 6) is -4.90. The molecule has 3 aromatic heterocycles. The van der Waals surface area contributed by atoms with Crippen molar-refractivity contribution in [2.45, 2.75) is 13.1 Å². The second-order valence-electron chi connectivity index (χ2n) is 10.2. The number of halogens is 5. The summed E-state index contributed by atoms with van der Waals surface area (Å²) in [5, 5.41) is 15.4. The Morgan fingerprint density at radius 1 is 1.02 bits per heavy atom. The Kier molecular flexibility index (Phi) is 8.62. The van der Waals surface area contributed by atoms with E-state index in [1.807, 2.05) is 6.07 Å². The highest BCUT2D eigenvalue weighted by Gasteiger charge is 2.20. The van der Waals surface area contributed by atoms with Crippen LogP contribution in [-0.2, 0) is 20.1 Å². The molecule has 0 radical (unpaired) electrons. The lowest BCUT2D eigenvalue weighted by molar-refractivity contribution is 0.0949. The molecule has 47 heavy (non-hydrogen) atoms. The molecule has 3 aromatic carbocycles. The van der Waals surface area contributed by atoms with Crippen molar-refractivity contribution in [2.24, 2.45) is 7.05 Å². The van der Waals surface area contributed by atoms with Crippen LogP contribution < -0.4 is 16.7 Å². The zero-order valence-corrected chi connectivity index (χ0v) is 26.4. The predicted octanol–water partition coefficient (Wildman–Crippen LogP) is 4.91. The average Bonchev–Trinajstić information content (AvgIpc) is 3.63. The van der Waals surface area contributed by atoms with Gasteiger partial charge in [0.05, 0.1) is 41.2 Å². The van der Waals surface area contributed by atoms with E-state index in [9.17, 15) is 27.6 Å². The molecule has 0 saturated carbocycles. The molecule has 0 fully saturated rings. The Labute approximate surface area is 275 Å². The SMILES string of the molecule is Cn1cc2cc(Nc3nc(=O)n(Cc4cnnn4C(=O)/C=C/c4cccc(Br)c4)c(=O)n3Cc3cc(F)c(F)cc3F)c(Cl)cc2n1. The summed E-state index contributed by atoms with van der Waals surface area (Å²) in [4.78, 5) is 44.1. The molecule has 1 N–H and O–H groups in total. The fourth-order valence-electron chi connectivity index (χ4n) is 4.70. The molecule has 0 amide bonds. The van der Waals surface area contributed by atoms with Crippen molar-refractivity contribution in [3.63, 3.8) is 0 Å². The molecular weight excluding hydrogens is 707 g/mol. The standard InChI is InChI=1S/C30H20BrClF3N9O3/c1-41-13-18-9-26(21(32)10-25(18)39-41)37-28-38-29(46)43(30(47)42(28)14-17-8-23(34)24(35)11-22(17)33)15-20-12-36-40-44(20)27(45)6-5-16-3-2-4-19(31)7-16/h2-13H,14-15H2,1H3,(H,37,38,46)/b6-5+. The fraction of sp³-hybridized carbons (Fsp3) is 0.100. The van der Waals surface area contributed by atoms with Gasteiger partial charge in [0.2, 0.25) is 5.95 Å². The van der Waals surface area contributed by atoms with Crippen molar-refractivity contribution in [3.8, 4) is 0 Å². The molecular formula is C30H20BrClF3N9O3. The van der Waals surface area contributed by atoms with Gasteiger partial charge in [-0.15, -0.1) is 5.10 Å². The van der Waals surface area contributed by atoms with E-state index in [2.05, 4.69) is 41.6 Å². The lowest BCUT2D eigenvalue weighted by atomic mass is 10.2. The second kappa shape index (κ2) is 12.8. The van der Waals surface area contributed by atoms with E-state index < -0.39 is 53.4 Å². The number of carbonyl (C=O) groups is 1. The number of hydrogen-bond donors (Lipinski definition) is 1. The van der Waals surface area contributed by atoms with Crippen LogP contribution in [0.1, 0.15) is 21.6 Å². The molecule has 3 heterocycles. The number of nitrogens with one attached hydrogen (secondary N) is 1. The molecule has 17 heteroatoms. The van der Waals surface area contributed by atoms with Gasteiger partial charge in [0.1, 0.15) is 5.82 Å². The number of anilines is 2. The van der Waals surface area contributed by atoms with Gasteiger partial charge in [-0.1, -0.05) is 44.9 Å². The molecule has 0 saturated heterocycles. The monoisotopic (exact) mass is 725 g/mol. The first kappa shape index (κ1) is 31.6. The van der Waals surface area contributed by atoms with E-state index in [4.69, 9.17) is 11.6 Å². The first-order valence-electron chi connectivity index (χ1n) is 13.6. The highest BCUT2D eigenvalue weighted by atomic mass is 79.9. The van der Waals surface area contributed by atoms with Crippen LogP contribution in [0.4, 0.5) is 24.8 Å². The maximum Gasteiger partial charge on any atom is 0.355 e. The van der Waals surface area contributed by atoms with Crippen molar-refractivity contribution in [1.82, 2.24) is 38.9 Å². The summed E-state index contributed by atoms with van der Waals surface area (Å²) in [6.07, 6.45) is 5.68. The summed E-state index contributed by atoms with van der Waals surface area (Å²) < 4.78 is 47.4. The molecule has 0 aliphatic carbocycles. The first-order valence-corrected chi connectivity index (χ1v) is 14.8. The minimum atomic E-state index is -1.42. The van der Waals surface area contributed by atoms with Crippen LogP contribution in [0.2, 0.25) is 5.02 Å². The van der Waals surface area contributed by atoms with Gasteiger partial charge in [-0.25, -0.2) is 27.3 Å². The van der Waals surface area contributed by atoms with E-state index in [0.29, 0.717) is 33.2 Å². The van der Waals surface area contributed by atoms with Crippen LogP contribution >= 0.6 is 27.5 Å². The smallest absolute Gasteiger partial charge is 0.324 e. The molecule has 0 unspecified atom stereocenters. The van der Waals surface area contributed by atoms with E-state index in [0.717, 1.165) is 13.7 Å². The summed E-state index contributed by atoms with van der Waals surface area (Å²) >= 11 is 9.80. The van der Waals surface area contributed by atoms with Gasteiger partial charge >= 0.3 is 11.4 Å². The zero-order valence-electron chi connectivity index (χ0n) is 24.0. The van der Waals surface area contributed by atoms with Crippen LogP contribution in [0.15, 0.2) is 81.1 Å². The number of nitrogens with zero attached hydrogens (tertiary/aromatic N) is 8. The van der Waals surface area contributed by atoms with Gasteiger partial charge < -0.3 is 5.32 Å². The van der Waals surface area contributed by atoms with Crippen molar-refractivity contribution in [2.75, 3.05) is 5.32 Å². The Bertz CT molecular complexity index is 2350. The molecule has 0 spiro atoms. The first-order chi connectivity index (χ1) is 22.5. The largest absolute Gasteiger partial charge is 0.355 e. The van der Waals surface area contributed by atoms with Crippen molar-refractivity contribution in [3.05, 3.63) is 132 Å². The number of carbonyl (C=O) groups excluding carboxylic acids is 1. The van der Waals surface area contributed by atoms with Crippen LogP contribution in [0.3, 0.4) is 0 Å². The molecule has 0 aliphatic heterocycles. The molecule has 12 nitrogen and oxygen atoms in total. The summed E-state index contributed by atoms with van der Waals surface area (Å²) in [6, 6.07) is 11.3. The number of rotatable bonds is 8. The van der Waals surface area contributed by atoms with Gasteiger partial charge in [-0.2, -0.15) is 14.8 Å². The number of benzene rings is 3. The molecule has 0 atom stereocenters. The van der Waals surface area contributed by atoms with Crippen LogP contribution in [-0.4, -0.2) is 44.8 Å². The van der Waals surface area contributed by atoms with Gasteiger partial charge in [0.25, 0.3) is 5.91 Å². The minimum absolute atomic E-state index is 0.0474. The van der Waals surface area contributed by atoms with Gasteiger partial charge in [0, 0.05) is 40.8 Å². The number of aromatic nitrogens is 8. The Hall–Kier alpha value is -5.35. The van der Waals surface area contributed by atoms with Crippen molar-refractivity contribution < 1.29 is 18.0 Å². The van der Waals surface area contributed by atoms with Gasteiger partial charge in [0.15, 0.2) is 11.6 Å². The summed E-state index contributed by atoms with van der Waals surface area (Å²) in [7, 11) is 1.71. The van der Waals surface area contributed by atoms with Gasteiger partial charge in [-0.3, -0.25) is 14.0 Å². The van der Waals surface area contributed by atoms with Gasteiger partial charge in [-0.05, 0) is 42.0 Å². The Balaban J connectivity index is 1.40. The Morgan fingerprint density at radius 3 is 2.60 bits per heavy atom. The number of aryl methyl sites for hydroxylation is 1. The normalized spacial score (nSPS) is 11.5. The third-order valence-corrected chi connectivity index (χ3v) is 7.74. The highest BCUT2D eigenvalue weighted by molar-refractivity contribution is 9.10. The fourth-order valence-corrected chi connectivity index (χ4v) is 5.33. The van der Waals surface area contributed by atoms with Crippen molar-refractivity contribution in [1.29, 1.82) is 0 Å². The predicted molar refractivity (Wildman–Crippen MR) is 170 cm³/mol. The lowest BCUT2D eigenvalue weighted by Crippen LogP contribution is -2.43. The van der Waals surface area contributed by atoms with Crippen LogP contribution in [0.25, 0.3) is 17.0 Å².